The van der Waals surface area contributed by atoms with E-state index in [2.05, 4.69) is 4.90 Å². The first kappa shape index (κ1) is 12.1. The molecule has 2 N–H and O–H groups in total. The summed E-state index contributed by atoms with van der Waals surface area (Å²) < 4.78 is 0. The van der Waals surface area contributed by atoms with Crippen molar-refractivity contribution in [1.82, 2.24) is 4.90 Å². The lowest BCUT2D eigenvalue weighted by Gasteiger charge is -2.29. The lowest BCUT2D eigenvalue weighted by atomic mass is 10.1. The largest absolute Gasteiger partial charge is 0.478 e. The minimum Gasteiger partial charge on any atom is -0.478 e. The molecule has 1 aromatic rings. The van der Waals surface area contributed by atoms with Crippen LogP contribution in [-0.4, -0.2) is 40.3 Å². The highest BCUT2D eigenvalue weighted by molar-refractivity contribution is 5.87. The zero-order valence-corrected chi connectivity index (χ0v) is 9.67. The van der Waals surface area contributed by atoms with Crippen LogP contribution in [0.15, 0.2) is 24.3 Å². The third-order valence-electron chi connectivity index (χ3n) is 3.09. The molecule has 1 aromatic carbocycles. The number of β-amino-alcohol motifs (C(OH)–C–C–N with tert-alkyl or cyclic N) is 1. The molecule has 4 heteroatoms. The Morgan fingerprint density at radius 1 is 1.35 bits per heavy atom. The van der Waals surface area contributed by atoms with Gasteiger partial charge in [0.25, 0.3) is 0 Å². The summed E-state index contributed by atoms with van der Waals surface area (Å²) in [5.74, 6) is -0.898. The Hall–Kier alpha value is -1.39. The van der Waals surface area contributed by atoms with Gasteiger partial charge in [0.15, 0.2) is 0 Å². The molecule has 17 heavy (non-hydrogen) atoms. The second-order valence-electron chi connectivity index (χ2n) is 4.53. The number of hydrogen-bond acceptors (Lipinski definition) is 3. The molecule has 1 aliphatic rings. The van der Waals surface area contributed by atoms with Crippen LogP contribution in [0.3, 0.4) is 0 Å². The van der Waals surface area contributed by atoms with Gasteiger partial charge in [0.1, 0.15) is 0 Å². The van der Waals surface area contributed by atoms with Gasteiger partial charge in [-0.3, -0.25) is 4.90 Å². The van der Waals surface area contributed by atoms with E-state index in [1.165, 1.54) is 0 Å². The van der Waals surface area contributed by atoms with Crippen molar-refractivity contribution in [3.63, 3.8) is 0 Å². The van der Waals surface area contributed by atoms with Gasteiger partial charge in [0, 0.05) is 13.1 Å². The van der Waals surface area contributed by atoms with Crippen molar-refractivity contribution in [2.24, 2.45) is 0 Å². The number of likely N-dealkylation sites (tertiary alicyclic amines) is 1. The van der Waals surface area contributed by atoms with Crippen molar-refractivity contribution in [3.8, 4) is 0 Å². The van der Waals surface area contributed by atoms with Crippen LogP contribution < -0.4 is 0 Å². The Labute approximate surface area is 100 Å². The number of carboxylic acid groups (broad SMARTS) is 1. The van der Waals surface area contributed by atoms with Crippen molar-refractivity contribution < 1.29 is 15.0 Å². The number of rotatable bonds is 3. The summed E-state index contributed by atoms with van der Waals surface area (Å²) in [5, 5.41) is 18.3. The molecule has 92 valence electrons. The summed E-state index contributed by atoms with van der Waals surface area (Å²) in [6.45, 7) is 2.48. The number of hydrogen-bond donors (Lipinski definition) is 2. The lowest BCUT2D eigenvalue weighted by Crippen LogP contribution is -2.37. The van der Waals surface area contributed by atoms with E-state index in [1.807, 2.05) is 12.1 Å². The third-order valence-corrected chi connectivity index (χ3v) is 3.09. The summed E-state index contributed by atoms with van der Waals surface area (Å²) >= 11 is 0. The molecule has 0 aromatic heterocycles. The van der Waals surface area contributed by atoms with Gasteiger partial charge in [-0.2, -0.15) is 0 Å². The number of carbonyl (C=O) groups is 1. The predicted molar refractivity (Wildman–Crippen MR) is 63.9 cm³/mol. The van der Waals surface area contributed by atoms with E-state index in [0.29, 0.717) is 12.1 Å². The maximum atomic E-state index is 10.7. The second-order valence-corrected chi connectivity index (χ2v) is 4.53. The minimum atomic E-state index is -0.898. The Morgan fingerprint density at radius 3 is 2.65 bits per heavy atom. The van der Waals surface area contributed by atoms with E-state index in [9.17, 15) is 9.90 Å². The van der Waals surface area contributed by atoms with Crippen LogP contribution in [0.1, 0.15) is 28.8 Å². The van der Waals surface area contributed by atoms with E-state index in [1.54, 1.807) is 12.1 Å². The molecule has 0 saturated carbocycles. The predicted octanol–water partition coefficient (Wildman–Crippen LogP) is 1.34. The molecule has 4 nitrogen and oxygen atoms in total. The SMILES string of the molecule is O=C(O)c1ccc(CN2CCCC(O)C2)cc1. The first-order valence-corrected chi connectivity index (χ1v) is 5.88. The van der Waals surface area contributed by atoms with Gasteiger partial charge < -0.3 is 10.2 Å². The highest BCUT2D eigenvalue weighted by atomic mass is 16.4. The lowest BCUT2D eigenvalue weighted by molar-refractivity contribution is 0.0668. The summed E-state index contributed by atoms with van der Waals surface area (Å²) in [7, 11) is 0. The van der Waals surface area contributed by atoms with Gasteiger partial charge in [-0.1, -0.05) is 12.1 Å². The number of piperidine rings is 1. The number of aromatic carboxylic acids is 1. The van der Waals surface area contributed by atoms with Crippen LogP contribution in [0.25, 0.3) is 0 Å². The van der Waals surface area contributed by atoms with Crippen LogP contribution in [0.4, 0.5) is 0 Å². The van der Waals surface area contributed by atoms with E-state index in [4.69, 9.17) is 5.11 Å². The number of benzene rings is 1. The topological polar surface area (TPSA) is 60.8 Å². The van der Waals surface area contributed by atoms with Gasteiger partial charge in [0.2, 0.25) is 0 Å². The zero-order chi connectivity index (χ0) is 12.3. The molecule has 1 fully saturated rings. The highest BCUT2D eigenvalue weighted by Gasteiger charge is 2.17. The minimum absolute atomic E-state index is 0.220. The zero-order valence-electron chi connectivity index (χ0n) is 9.67. The molecule has 1 aliphatic heterocycles. The number of carboxylic acids is 1. The second kappa shape index (κ2) is 5.29. The van der Waals surface area contributed by atoms with Crippen molar-refractivity contribution in [3.05, 3.63) is 35.4 Å². The maximum absolute atomic E-state index is 10.7. The van der Waals surface area contributed by atoms with Crippen molar-refractivity contribution >= 4 is 5.97 Å². The summed E-state index contributed by atoms with van der Waals surface area (Å²) in [5.41, 5.74) is 1.40. The van der Waals surface area contributed by atoms with Crippen molar-refractivity contribution in [2.45, 2.75) is 25.5 Å². The van der Waals surface area contributed by atoms with Gasteiger partial charge in [-0.15, -0.1) is 0 Å². The molecule has 2 rings (SSSR count). The molecular weight excluding hydrogens is 218 g/mol. The average molecular weight is 235 g/mol. The number of aliphatic hydroxyl groups is 1. The number of aliphatic hydroxyl groups excluding tert-OH is 1. The summed E-state index contributed by atoms with van der Waals surface area (Å²) in [4.78, 5) is 12.9. The van der Waals surface area contributed by atoms with Crippen molar-refractivity contribution in [2.75, 3.05) is 13.1 Å². The van der Waals surface area contributed by atoms with Crippen LogP contribution in [0, 0.1) is 0 Å². The molecular formula is C13H17NO3. The van der Waals surface area contributed by atoms with E-state index < -0.39 is 5.97 Å². The Morgan fingerprint density at radius 2 is 2.06 bits per heavy atom. The fraction of sp³-hybridized carbons (Fsp3) is 0.462. The van der Waals surface area contributed by atoms with Crippen molar-refractivity contribution in [1.29, 1.82) is 0 Å². The smallest absolute Gasteiger partial charge is 0.335 e. The molecule has 0 radical (unpaired) electrons. The molecule has 1 atom stereocenters. The van der Waals surface area contributed by atoms with Gasteiger partial charge >= 0.3 is 5.97 Å². The van der Waals surface area contributed by atoms with Crippen LogP contribution in [0.2, 0.25) is 0 Å². The summed E-state index contributed by atoms with van der Waals surface area (Å²) in [6, 6.07) is 6.92. The first-order chi connectivity index (χ1) is 8.15. The van der Waals surface area contributed by atoms with E-state index in [0.717, 1.165) is 31.5 Å². The molecule has 0 spiro atoms. The Bertz CT molecular complexity index is 388. The Kier molecular flexibility index (Phi) is 3.76. The highest BCUT2D eigenvalue weighted by Crippen LogP contribution is 2.14. The monoisotopic (exact) mass is 235 g/mol. The average Bonchev–Trinajstić information content (AvgIpc) is 2.29. The number of nitrogens with zero attached hydrogens (tertiary/aromatic N) is 1. The fourth-order valence-corrected chi connectivity index (χ4v) is 2.19. The molecule has 1 saturated heterocycles. The molecule has 1 heterocycles. The third kappa shape index (κ3) is 3.28. The van der Waals surface area contributed by atoms with Gasteiger partial charge in [-0.05, 0) is 37.1 Å². The van der Waals surface area contributed by atoms with Crippen LogP contribution in [-0.2, 0) is 6.54 Å². The van der Waals surface area contributed by atoms with Gasteiger partial charge in [-0.25, -0.2) is 4.79 Å². The fourth-order valence-electron chi connectivity index (χ4n) is 2.19. The normalized spacial score (nSPS) is 21.4. The first-order valence-electron chi connectivity index (χ1n) is 5.88. The van der Waals surface area contributed by atoms with E-state index in [-0.39, 0.29) is 6.10 Å². The Balaban J connectivity index is 1.96. The molecule has 0 aliphatic carbocycles. The maximum Gasteiger partial charge on any atom is 0.335 e. The molecule has 0 amide bonds. The quantitative estimate of drug-likeness (QED) is 0.830. The molecule has 1 unspecified atom stereocenters. The van der Waals surface area contributed by atoms with E-state index >= 15 is 0 Å². The standard InChI is InChI=1S/C13H17NO3/c15-12-2-1-7-14(9-12)8-10-3-5-11(6-4-10)13(16)17/h3-6,12,15H,1-2,7-9H2,(H,16,17). The summed E-state index contributed by atoms with van der Waals surface area (Å²) in [6.07, 6.45) is 1.69. The van der Waals surface area contributed by atoms with Crippen LogP contribution in [0.5, 0.6) is 0 Å². The van der Waals surface area contributed by atoms with Crippen LogP contribution >= 0.6 is 0 Å². The van der Waals surface area contributed by atoms with Gasteiger partial charge in [0.05, 0.1) is 11.7 Å². The molecule has 0 bridgehead atoms.